The lowest BCUT2D eigenvalue weighted by atomic mass is 9.74. The first kappa shape index (κ1) is 23.6. The molecule has 3 atom stereocenters. The van der Waals surface area contributed by atoms with Crippen LogP contribution in [0.2, 0.25) is 0 Å². The molecule has 5 rings (SSSR count). The van der Waals surface area contributed by atoms with Crippen molar-refractivity contribution in [2.45, 2.75) is 61.6 Å². The monoisotopic (exact) mass is 482 g/mol. The molecule has 2 aliphatic heterocycles. The highest BCUT2D eigenvalue weighted by Gasteiger charge is 2.50. The van der Waals surface area contributed by atoms with Crippen molar-refractivity contribution in [3.63, 3.8) is 0 Å². The Morgan fingerprint density at radius 1 is 1.09 bits per heavy atom. The number of fused-ring (bicyclic) bond motifs is 1. The minimum atomic E-state index is -3.66. The van der Waals surface area contributed by atoms with E-state index in [1.54, 1.807) is 22.1 Å². The van der Waals surface area contributed by atoms with Crippen LogP contribution in [0, 0.1) is 17.8 Å². The smallest absolute Gasteiger partial charge is 0.262 e. The Kier molecular flexibility index (Phi) is 6.81. The third kappa shape index (κ3) is 4.55. The summed E-state index contributed by atoms with van der Waals surface area (Å²) in [6.07, 6.45) is 9.78. The quantitative estimate of drug-likeness (QED) is 0.678. The van der Waals surface area contributed by atoms with Crippen LogP contribution in [0.15, 0.2) is 41.8 Å². The molecule has 2 saturated heterocycles. The van der Waals surface area contributed by atoms with Gasteiger partial charge in [-0.2, -0.15) is 4.31 Å². The molecule has 182 valence electrons. The Labute approximate surface area is 202 Å². The number of benzene rings is 1. The summed E-state index contributed by atoms with van der Waals surface area (Å²) in [6.45, 7) is 1.85. The first-order valence-electron chi connectivity index (χ1n) is 12.4. The van der Waals surface area contributed by atoms with Gasteiger partial charge in [0.15, 0.2) is 5.03 Å². The highest BCUT2D eigenvalue weighted by Crippen LogP contribution is 2.42. The summed E-state index contributed by atoms with van der Waals surface area (Å²) in [5.74, 6) is 7.36. The van der Waals surface area contributed by atoms with Gasteiger partial charge in [-0.3, -0.25) is 4.90 Å². The Hall–Kier alpha value is -2.18. The summed E-state index contributed by atoms with van der Waals surface area (Å²) < 4.78 is 29.9. The number of aryl methyl sites for hydroxylation is 1. The van der Waals surface area contributed by atoms with E-state index >= 15 is 0 Å². The van der Waals surface area contributed by atoms with Crippen molar-refractivity contribution in [1.82, 2.24) is 18.8 Å². The Balaban J connectivity index is 1.37. The number of imidazole rings is 1. The number of aliphatic hydroxyl groups is 1. The van der Waals surface area contributed by atoms with Crippen molar-refractivity contribution in [2.75, 3.05) is 26.2 Å². The number of aromatic nitrogens is 2. The topological polar surface area (TPSA) is 78.7 Å². The molecular formula is C26H34N4O3S. The second kappa shape index (κ2) is 9.82. The van der Waals surface area contributed by atoms with Crippen LogP contribution in [-0.4, -0.2) is 70.6 Å². The predicted octanol–water partition coefficient (Wildman–Crippen LogP) is 2.58. The molecular weight excluding hydrogens is 448 g/mol. The van der Waals surface area contributed by atoms with E-state index in [1.165, 1.54) is 32.0 Å². The van der Waals surface area contributed by atoms with Gasteiger partial charge in [-0.25, -0.2) is 13.4 Å². The molecule has 1 saturated carbocycles. The molecule has 0 bridgehead atoms. The SMILES string of the molecule is Cn1cnc(S(=O)(=O)N2CCCCN3[C@@H](CO)[C@@H](c4ccc(C#CC5CCCC5)cc4)[C@@H]3C2)c1. The third-order valence-corrected chi connectivity index (χ3v) is 9.44. The van der Waals surface area contributed by atoms with Crippen LogP contribution in [-0.2, 0) is 17.1 Å². The number of hydrogen-bond acceptors (Lipinski definition) is 5. The van der Waals surface area contributed by atoms with E-state index in [0.29, 0.717) is 19.0 Å². The minimum absolute atomic E-state index is 0.0120. The normalized spacial score (nSPS) is 26.7. The van der Waals surface area contributed by atoms with Gasteiger partial charge >= 0.3 is 0 Å². The molecule has 2 aromatic rings. The Bertz CT molecular complexity index is 1160. The van der Waals surface area contributed by atoms with Crippen LogP contribution >= 0.6 is 0 Å². The van der Waals surface area contributed by atoms with Gasteiger partial charge in [0, 0.05) is 55.8 Å². The first-order chi connectivity index (χ1) is 16.5. The average Bonchev–Trinajstić information content (AvgIpc) is 3.49. The van der Waals surface area contributed by atoms with E-state index in [0.717, 1.165) is 30.5 Å². The standard InChI is InChI=1S/C26H34N4O3S/c1-28-17-25(27-19-28)34(32,33)29-14-4-5-15-30-23(16-29)26(24(30)18-31)22-12-10-21(11-13-22)9-8-20-6-2-3-7-20/h10-13,17,19-20,23-24,26,31H,2-7,14-16,18H2,1H3/t23-,24-,26-/m0/s1. The molecule has 1 aromatic carbocycles. The van der Waals surface area contributed by atoms with E-state index in [2.05, 4.69) is 46.0 Å². The fourth-order valence-electron chi connectivity index (χ4n) is 5.83. The van der Waals surface area contributed by atoms with Gasteiger partial charge in [-0.1, -0.05) is 36.8 Å². The summed E-state index contributed by atoms with van der Waals surface area (Å²) in [5, 5.41) is 10.3. The van der Waals surface area contributed by atoms with Crippen molar-refractivity contribution in [3.8, 4) is 11.8 Å². The van der Waals surface area contributed by atoms with Crippen LogP contribution < -0.4 is 0 Å². The van der Waals surface area contributed by atoms with Crippen molar-refractivity contribution in [1.29, 1.82) is 0 Å². The van der Waals surface area contributed by atoms with E-state index in [4.69, 9.17) is 0 Å². The van der Waals surface area contributed by atoms with E-state index < -0.39 is 10.0 Å². The molecule has 0 spiro atoms. The average molecular weight is 483 g/mol. The maximum absolute atomic E-state index is 13.3. The number of hydrogen-bond donors (Lipinski definition) is 1. The van der Waals surface area contributed by atoms with Gasteiger partial charge in [0.1, 0.15) is 0 Å². The second-order valence-electron chi connectivity index (χ2n) is 9.90. The van der Waals surface area contributed by atoms with Crippen LogP contribution in [0.25, 0.3) is 0 Å². The number of sulfonamides is 1. The molecule has 8 heteroatoms. The molecule has 0 amide bonds. The van der Waals surface area contributed by atoms with Crippen LogP contribution in [0.5, 0.6) is 0 Å². The molecule has 0 radical (unpaired) electrons. The lowest BCUT2D eigenvalue weighted by Gasteiger charge is -2.57. The lowest BCUT2D eigenvalue weighted by Crippen LogP contribution is -2.67. The molecule has 3 heterocycles. The highest BCUT2D eigenvalue weighted by molar-refractivity contribution is 7.89. The van der Waals surface area contributed by atoms with Crippen molar-refractivity contribution in [2.24, 2.45) is 13.0 Å². The van der Waals surface area contributed by atoms with Gasteiger partial charge in [0.05, 0.1) is 12.9 Å². The zero-order valence-electron chi connectivity index (χ0n) is 19.8. The fraction of sp³-hybridized carbons (Fsp3) is 0.577. The summed E-state index contributed by atoms with van der Waals surface area (Å²) in [7, 11) is -1.89. The Morgan fingerprint density at radius 2 is 1.82 bits per heavy atom. The first-order valence-corrected chi connectivity index (χ1v) is 13.9. The highest BCUT2D eigenvalue weighted by atomic mass is 32.2. The van der Waals surface area contributed by atoms with Gasteiger partial charge in [0.25, 0.3) is 10.0 Å². The summed E-state index contributed by atoms with van der Waals surface area (Å²) in [5.41, 5.74) is 2.16. The maximum atomic E-state index is 13.3. The van der Waals surface area contributed by atoms with Crippen molar-refractivity contribution in [3.05, 3.63) is 47.9 Å². The molecule has 3 fully saturated rings. The van der Waals surface area contributed by atoms with Crippen LogP contribution in [0.4, 0.5) is 0 Å². The zero-order chi connectivity index (χ0) is 23.7. The van der Waals surface area contributed by atoms with Crippen molar-refractivity contribution >= 4 is 10.0 Å². The fourth-order valence-corrected chi connectivity index (χ4v) is 7.29. The van der Waals surface area contributed by atoms with Crippen LogP contribution in [0.1, 0.15) is 55.6 Å². The summed E-state index contributed by atoms with van der Waals surface area (Å²) in [4.78, 5) is 6.40. The lowest BCUT2D eigenvalue weighted by molar-refractivity contribution is -0.0554. The van der Waals surface area contributed by atoms with Gasteiger partial charge in [-0.05, 0) is 49.9 Å². The Morgan fingerprint density at radius 3 is 2.50 bits per heavy atom. The largest absolute Gasteiger partial charge is 0.395 e. The molecule has 7 nitrogen and oxygen atoms in total. The second-order valence-corrected chi connectivity index (χ2v) is 11.8. The van der Waals surface area contributed by atoms with Gasteiger partial charge in [0.2, 0.25) is 0 Å². The van der Waals surface area contributed by atoms with E-state index in [1.807, 2.05) is 0 Å². The van der Waals surface area contributed by atoms with Crippen LogP contribution in [0.3, 0.4) is 0 Å². The van der Waals surface area contributed by atoms with Gasteiger partial charge < -0.3 is 9.67 Å². The summed E-state index contributed by atoms with van der Waals surface area (Å²) in [6, 6.07) is 8.41. The van der Waals surface area contributed by atoms with E-state index in [-0.39, 0.29) is 29.6 Å². The summed E-state index contributed by atoms with van der Waals surface area (Å²) >= 11 is 0. The molecule has 1 aromatic heterocycles. The number of rotatable bonds is 4. The molecule has 1 N–H and O–H groups in total. The third-order valence-electron chi connectivity index (χ3n) is 7.69. The minimum Gasteiger partial charge on any atom is -0.395 e. The number of nitrogens with zero attached hydrogens (tertiary/aromatic N) is 4. The molecule has 34 heavy (non-hydrogen) atoms. The molecule has 3 aliphatic rings. The van der Waals surface area contributed by atoms with E-state index in [9.17, 15) is 13.5 Å². The predicted molar refractivity (Wildman–Crippen MR) is 131 cm³/mol. The maximum Gasteiger partial charge on any atom is 0.262 e. The molecule has 1 aliphatic carbocycles. The van der Waals surface area contributed by atoms with Crippen molar-refractivity contribution < 1.29 is 13.5 Å². The number of aliphatic hydroxyl groups excluding tert-OH is 1. The van der Waals surface area contributed by atoms with Gasteiger partial charge in [-0.15, -0.1) is 0 Å². The molecule has 0 unspecified atom stereocenters. The zero-order valence-corrected chi connectivity index (χ0v) is 20.6.